The van der Waals surface area contributed by atoms with Gasteiger partial charge in [-0.15, -0.1) is 0 Å². The van der Waals surface area contributed by atoms with Gasteiger partial charge in [0.25, 0.3) is 0 Å². The predicted octanol–water partition coefficient (Wildman–Crippen LogP) is 20.7. The van der Waals surface area contributed by atoms with Gasteiger partial charge in [-0.2, -0.15) is 0 Å². The Labute approximate surface area is 460 Å². The van der Waals surface area contributed by atoms with Crippen LogP contribution in [0.4, 0.5) is 0 Å². The number of carbonyl (C=O) groups is 2. The van der Waals surface area contributed by atoms with Crippen LogP contribution >= 0.6 is 0 Å². The zero-order valence-electron chi connectivity index (χ0n) is 49.3. The van der Waals surface area contributed by atoms with E-state index in [1.807, 2.05) is 6.08 Å². The molecular weight excluding hydrogens is 911 g/mol. The van der Waals surface area contributed by atoms with Crippen LogP contribution in [-0.2, 0) is 14.3 Å². The maximum atomic E-state index is 12.5. The standard InChI is InChI=1S/C68H125NO5/c1-3-5-7-9-11-13-15-17-19-20-21-22-24-27-30-33-36-40-44-48-52-56-60-66(71)65(64-70)69-67(72)61-57-53-49-45-41-37-34-31-28-25-23-26-29-32-35-39-43-47-51-55-59-63-74-68(73)62-58-54-50-46-42-38-18-16-14-12-10-8-6-4-2/h10,12,16,18,39,43,51,55-56,60,65-66,70-71H,3-9,11,13-15,17,19-38,40-42,44-50,52-54,57-59,61-64H2,1-2H3,(H,69,72)/b12-10-,18-16-,43-39-,55-51-,60-56+. The van der Waals surface area contributed by atoms with Gasteiger partial charge in [0.2, 0.25) is 5.91 Å². The first-order valence-corrected chi connectivity index (χ1v) is 32.6. The number of allylic oxidation sites excluding steroid dienone is 8. The SMILES string of the molecule is CCCC/C=C\C/C=C\CCCCCCCC(=O)OCC/C=C\C/C=C\CCCCCCCCCCCCCCCCC(=O)NC(CO)C(O)/C=C/CCCCCCCCCCCCCCCCCCCCCC. The molecule has 0 saturated carbocycles. The maximum absolute atomic E-state index is 12.5. The summed E-state index contributed by atoms with van der Waals surface area (Å²) in [5, 5.41) is 23.2. The molecule has 6 heteroatoms. The molecule has 0 spiro atoms. The van der Waals surface area contributed by atoms with Crippen molar-refractivity contribution in [3.63, 3.8) is 0 Å². The first-order chi connectivity index (χ1) is 36.5. The highest BCUT2D eigenvalue weighted by Gasteiger charge is 2.18. The average molecular weight is 1040 g/mol. The Morgan fingerprint density at radius 3 is 1.07 bits per heavy atom. The number of nitrogens with one attached hydrogen (secondary N) is 1. The Balaban J connectivity index is 3.49. The summed E-state index contributed by atoms with van der Waals surface area (Å²) in [6, 6.07) is -0.634. The molecule has 0 fully saturated rings. The second kappa shape index (κ2) is 63.1. The largest absolute Gasteiger partial charge is 0.465 e. The summed E-state index contributed by atoms with van der Waals surface area (Å²) < 4.78 is 5.41. The number of unbranched alkanes of at least 4 members (excludes halogenated alkanes) is 41. The van der Waals surface area contributed by atoms with E-state index >= 15 is 0 Å². The number of hydrogen-bond donors (Lipinski definition) is 3. The molecule has 0 aromatic carbocycles. The molecule has 0 aromatic rings. The van der Waals surface area contributed by atoms with E-state index in [-0.39, 0.29) is 18.5 Å². The van der Waals surface area contributed by atoms with Crippen LogP contribution in [0, 0.1) is 0 Å². The summed E-state index contributed by atoms with van der Waals surface area (Å²) in [5.74, 6) is -0.122. The molecule has 0 aliphatic heterocycles. The summed E-state index contributed by atoms with van der Waals surface area (Å²) >= 11 is 0. The zero-order valence-corrected chi connectivity index (χ0v) is 49.3. The lowest BCUT2D eigenvalue weighted by molar-refractivity contribution is -0.143. The maximum Gasteiger partial charge on any atom is 0.305 e. The molecule has 0 rings (SSSR count). The molecule has 0 heterocycles. The Kier molecular flexibility index (Phi) is 61.0. The summed E-state index contributed by atoms with van der Waals surface area (Å²) in [6.45, 7) is 4.76. The molecule has 2 atom stereocenters. The number of amides is 1. The number of ether oxygens (including phenoxy) is 1. The van der Waals surface area contributed by atoms with E-state index < -0.39 is 12.1 Å². The van der Waals surface area contributed by atoms with Crippen LogP contribution in [0.25, 0.3) is 0 Å². The Bertz CT molecular complexity index is 1290. The molecule has 0 aliphatic rings. The van der Waals surface area contributed by atoms with Crippen molar-refractivity contribution in [3.8, 4) is 0 Å². The summed E-state index contributed by atoms with van der Waals surface area (Å²) in [7, 11) is 0. The van der Waals surface area contributed by atoms with Crippen molar-refractivity contribution in [3.05, 3.63) is 60.8 Å². The zero-order chi connectivity index (χ0) is 53.6. The third kappa shape index (κ3) is 58.8. The van der Waals surface area contributed by atoms with Gasteiger partial charge in [0.05, 0.1) is 25.4 Å². The molecule has 0 bridgehead atoms. The fraction of sp³-hybridized carbons (Fsp3) is 0.824. The van der Waals surface area contributed by atoms with Crippen LogP contribution in [0.3, 0.4) is 0 Å². The van der Waals surface area contributed by atoms with Crippen LogP contribution in [0.1, 0.15) is 335 Å². The van der Waals surface area contributed by atoms with Crippen LogP contribution < -0.4 is 5.32 Å². The van der Waals surface area contributed by atoms with Crippen molar-refractivity contribution in [2.24, 2.45) is 0 Å². The Morgan fingerprint density at radius 1 is 0.378 bits per heavy atom. The lowest BCUT2D eigenvalue weighted by atomic mass is 10.0. The number of rotatable bonds is 60. The molecule has 0 radical (unpaired) electrons. The van der Waals surface area contributed by atoms with Gasteiger partial charge >= 0.3 is 5.97 Å². The van der Waals surface area contributed by atoms with Gasteiger partial charge in [-0.05, 0) is 77.0 Å². The molecule has 2 unspecified atom stereocenters. The van der Waals surface area contributed by atoms with Crippen LogP contribution in [0.2, 0.25) is 0 Å². The van der Waals surface area contributed by atoms with Crippen molar-refractivity contribution in [1.29, 1.82) is 0 Å². The van der Waals surface area contributed by atoms with Gasteiger partial charge in [0.1, 0.15) is 0 Å². The summed E-state index contributed by atoms with van der Waals surface area (Å²) in [4.78, 5) is 24.5. The third-order valence-corrected chi connectivity index (χ3v) is 14.8. The third-order valence-electron chi connectivity index (χ3n) is 14.8. The molecule has 1 amide bonds. The quantitative estimate of drug-likeness (QED) is 0.0320. The molecule has 0 saturated heterocycles. The van der Waals surface area contributed by atoms with Crippen molar-refractivity contribution in [2.45, 2.75) is 347 Å². The smallest absolute Gasteiger partial charge is 0.305 e. The summed E-state index contributed by atoms with van der Waals surface area (Å²) in [5.41, 5.74) is 0. The number of hydrogen-bond acceptors (Lipinski definition) is 5. The van der Waals surface area contributed by atoms with E-state index in [1.165, 1.54) is 244 Å². The van der Waals surface area contributed by atoms with E-state index in [9.17, 15) is 19.8 Å². The highest BCUT2D eigenvalue weighted by molar-refractivity contribution is 5.76. The van der Waals surface area contributed by atoms with Gasteiger partial charge in [-0.1, -0.05) is 306 Å². The number of esters is 1. The second-order valence-corrected chi connectivity index (χ2v) is 22.1. The van der Waals surface area contributed by atoms with Crippen LogP contribution in [0.5, 0.6) is 0 Å². The fourth-order valence-corrected chi connectivity index (χ4v) is 9.78. The monoisotopic (exact) mass is 1040 g/mol. The Hall–Kier alpha value is -2.44. The molecule has 74 heavy (non-hydrogen) atoms. The highest BCUT2D eigenvalue weighted by atomic mass is 16.5. The number of aliphatic hydroxyl groups is 2. The molecule has 432 valence electrons. The lowest BCUT2D eigenvalue weighted by Crippen LogP contribution is -2.45. The van der Waals surface area contributed by atoms with Gasteiger partial charge in [0.15, 0.2) is 0 Å². The first kappa shape index (κ1) is 71.6. The van der Waals surface area contributed by atoms with Crippen molar-refractivity contribution in [2.75, 3.05) is 13.2 Å². The lowest BCUT2D eigenvalue weighted by Gasteiger charge is -2.20. The molecule has 3 N–H and O–H groups in total. The second-order valence-electron chi connectivity index (χ2n) is 22.1. The first-order valence-electron chi connectivity index (χ1n) is 32.6. The predicted molar refractivity (Wildman–Crippen MR) is 324 cm³/mol. The minimum absolute atomic E-state index is 0.0507. The Morgan fingerprint density at radius 2 is 0.689 bits per heavy atom. The van der Waals surface area contributed by atoms with E-state index in [0.29, 0.717) is 19.4 Å². The van der Waals surface area contributed by atoms with E-state index in [4.69, 9.17) is 4.74 Å². The number of carbonyl (C=O) groups excluding carboxylic acids is 2. The molecule has 0 aliphatic carbocycles. The number of aliphatic hydroxyl groups excluding tert-OH is 2. The molecule has 0 aromatic heterocycles. The topological polar surface area (TPSA) is 95.9 Å². The van der Waals surface area contributed by atoms with Gasteiger partial charge in [-0.25, -0.2) is 0 Å². The average Bonchev–Trinajstić information content (AvgIpc) is 3.40. The van der Waals surface area contributed by atoms with Gasteiger partial charge in [-0.3, -0.25) is 9.59 Å². The molecule has 6 nitrogen and oxygen atoms in total. The van der Waals surface area contributed by atoms with Gasteiger partial charge in [0, 0.05) is 12.8 Å². The van der Waals surface area contributed by atoms with E-state index in [1.54, 1.807) is 6.08 Å². The van der Waals surface area contributed by atoms with Crippen molar-refractivity contribution in [1.82, 2.24) is 5.32 Å². The summed E-state index contributed by atoms with van der Waals surface area (Å²) in [6.07, 6.45) is 82.8. The van der Waals surface area contributed by atoms with E-state index in [2.05, 4.69) is 67.8 Å². The van der Waals surface area contributed by atoms with E-state index in [0.717, 1.165) is 64.2 Å². The fourth-order valence-electron chi connectivity index (χ4n) is 9.78. The van der Waals surface area contributed by atoms with Crippen molar-refractivity contribution < 1.29 is 24.5 Å². The van der Waals surface area contributed by atoms with Crippen LogP contribution in [-0.4, -0.2) is 47.4 Å². The minimum atomic E-state index is -0.851. The van der Waals surface area contributed by atoms with Crippen LogP contribution in [0.15, 0.2) is 60.8 Å². The normalized spacial score (nSPS) is 13.0. The molecular formula is C68H125NO5. The highest BCUT2D eigenvalue weighted by Crippen LogP contribution is 2.17. The minimum Gasteiger partial charge on any atom is -0.465 e. The van der Waals surface area contributed by atoms with Crippen molar-refractivity contribution >= 4 is 11.9 Å². The van der Waals surface area contributed by atoms with Gasteiger partial charge < -0.3 is 20.3 Å².